The third kappa shape index (κ3) is 4.22. The zero-order chi connectivity index (χ0) is 18.0. The number of hydrogen-bond acceptors (Lipinski definition) is 3. The molecule has 3 rings (SSSR count). The standard InChI is InChI=1S/C16H21Cl2N3O3S/c17-12-5-6-14(18)15(11-12)25(23,24)21-9-7-20(8-10-21)16(22)19-13-3-1-2-4-13/h5-6,11,13H,1-4,7-10H2,(H,19,22). The molecule has 1 aliphatic carbocycles. The van der Waals surface area contributed by atoms with Crippen molar-refractivity contribution in [2.45, 2.75) is 36.6 Å². The Morgan fingerprint density at radius 1 is 1.08 bits per heavy atom. The van der Waals surface area contributed by atoms with Crippen LogP contribution in [0.3, 0.4) is 0 Å². The third-order valence-corrected chi connectivity index (χ3v) is 7.33. The van der Waals surface area contributed by atoms with E-state index in [0.29, 0.717) is 18.1 Å². The van der Waals surface area contributed by atoms with Crippen molar-refractivity contribution >= 4 is 39.3 Å². The predicted octanol–water partition coefficient (Wildman–Crippen LogP) is 2.95. The summed E-state index contributed by atoms with van der Waals surface area (Å²) >= 11 is 11.9. The molecule has 1 saturated heterocycles. The molecule has 0 spiro atoms. The van der Waals surface area contributed by atoms with Gasteiger partial charge in [-0.15, -0.1) is 0 Å². The minimum atomic E-state index is -3.73. The Balaban J connectivity index is 1.63. The van der Waals surface area contributed by atoms with E-state index >= 15 is 0 Å². The average Bonchev–Trinajstić information content (AvgIpc) is 3.10. The van der Waals surface area contributed by atoms with E-state index in [1.165, 1.54) is 16.4 Å². The maximum atomic E-state index is 12.8. The van der Waals surface area contributed by atoms with E-state index in [9.17, 15) is 13.2 Å². The Bertz CT molecular complexity index is 743. The van der Waals surface area contributed by atoms with E-state index < -0.39 is 10.0 Å². The summed E-state index contributed by atoms with van der Waals surface area (Å²) in [6.07, 6.45) is 4.34. The van der Waals surface area contributed by atoms with Gasteiger partial charge in [0.1, 0.15) is 4.90 Å². The van der Waals surface area contributed by atoms with Crippen molar-refractivity contribution in [3.8, 4) is 0 Å². The van der Waals surface area contributed by atoms with Gasteiger partial charge in [0.15, 0.2) is 0 Å². The van der Waals surface area contributed by atoms with Gasteiger partial charge in [0.25, 0.3) is 0 Å². The van der Waals surface area contributed by atoms with Crippen molar-refractivity contribution in [2.75, 3.05) is 26.2 Å². The fourth-order valence-corrected chi connectivity index (χ4v) is 5.44. The summed E-state index contributed by atoms with van der Waals surface area (Å²) in [4.78, 5) is 14.0. The number of nitrogens with zero attached hydrogens (tertiary/aromatic N) is 2. The van der Waals surface area contributed by atoms with Crippen molar-refractivity contribution in [3.05, 3.63) is 28.2 Å². The summed E-state index contributed by atoms with van der Waals surface area (Å²) in [7, 11) is -3.73. The molecule has 0 bridgehead atoms. The van der Waals surface area contributed by atoms with Crippen LogP contribution in [-0.4, -0.2) is 55.9 Å². The van der Waals surface area contributed by atoms with Gasteiger partial charge in [-0.2, -0.15) is 4.31 Å². The molecule has 0 aromatic heterocycles. The monoisotopic (exact) mass is 405 g/mol. The minimum Gasteiger partial charge on any atom is -0.335 e. The van der Waals surface area contributed by atoms with Crippen LogP contribution in [-0.2, 0) is 10.0 Å². The first-order valence-electron chi connectivity index (χ1n) is 8.38. The van der Waals surface area contributed by atoms with Crippen LogP contribution >= 0.6 is 23.2 Å². The van der Waals surface area contributed by atoms with Crippen LogP contribution < -0.4 is 5.32 Å². The molecular formula is C16H21Cl2N3O3S. The van der Waals surface area contributed by atoms with Gasteiger partial charge in [0, 0.05) is 37.2 Å². The van der Waals surface area contributed by atoms with E-state index in [1.807, 2.05) is 0 Å². The van der Waals surface area contributed by atoms with Crippen LogP contribution in [0, 0.1) is 0 Å². The van der Waals surface area contributed by atoms with Crippen LogP contribution in [0.15, 0.2) is 23.1 Å². The quantitative estimate of drug-likeness (QED) is 0.839. The molecule has 1 aliphatic heterocycles. The van der Waals surface area contributed by atoms with E-state index in [0.717, 1.165) is 25.7 Å². The molecule has 1 N–H and O–H groups in total. The molecule has 0 unspecified atom stereocenters. The van der Waals surface area contributed by atoms with Crippen LogP contribution in [0.2, 0.25) is 10.0 Å². The smallest absolute Gasteiger partial charge is 0.317 e. The molecule has 2 aliphatic rings. The Morgan fingerprint density at radius 2 is 1.72 bits per heavy atom. The highest BCUT2D eigenvalue weighted by Crippen LogP contribution is 2.28. The van der Waals surface area contributed by atoms with Crippen molar-refractivity contribution in [1.29, 1.82) is 0 Å². The second kappa shape index (κ2) is 7.70. The van der Waals surface area contributed by atoms with E-state index in [1.54, 1.807) is 11.0 Å². The van der Waals surface area contributed by atoms with Gasteiger partial charge in [0.2, 0.25) is 10.0 Å². The third-order valence-electron chi connectivity index (χ3n) is 4.72. The molecule has 1 saturated carbocycles. The summed E-state index contributed by atoms with van der Waals surface area (Å²) in [5, 5.41) is 3.49. The van der Waals surface area contributed by atoms with Crippen LogP contribution in [0.4, 0.5) is 4.79 Å². The number of rotatable bonds is 3. The normalized spacial score (nSPS) is 20.0. The topological polar surface area (TPSA) is 69.7 Å². The Morgan fingerprint density at radius 3 is 2.36 bits per heavy atom. The first-order valence-corrected chi connectivity index (χ1v) is 10.6. The van der Waals surface area contributed by atoms with Gasteiger partial charge >= 0.3 is 6.03 Å². The molecule has 9 heteroatoms. The van der Waals surface area contributed by atoms with Crippen LogP contribution in [0.25, 0.3) is 0 Å². The number of amides is 2. The number of halogens is 2. The number of urea groups is 1. The Hall–Kier alpha value is -1.02. The Labute approximate surface area is 158 Å². The molecule has 1 heterocycles. The number of sulfonamides is 1. The summed E-state index contributed by atoms with van der Waals surface area (Å²) in [5.74, 6) is 0. The number of nitrogens with one attached hydrogen (secondary N) is 1. The summed E-state index contributed by atoms with van der Waals surface area (Å²) < 4.78 is 26.9. The van der Waals surface area contributed by atoms with Gasteiger partial charge in [0.05, 0.1) is 5.02 Å². The molecule has 6 nitrogen and oxygen atoms in total. The molecule has 1 aromatic carbocycles. The van der Waals surface area contributed by atoms with E-state index in [4.69, 9.17) is 23.2 Å². The van der Waals surface area contributed by atoms with E-state index in [-0.39, 0.29) is 35.1 Å². The highest BCUT2D eigenvalue weighted by molar-refractivity contribution is 7.89. The van der Waals surface area contributed by atoms with Crippen LogP contribution in [0.1, 0.15) is 25.7 Å². The predicted molar refractivity (Wildman–Crippen MR) is 97.6 cm³/mol. The second-order valence-corrected chi connectivity index (χ2v) is 9.15. The number of hydrogen-bond donors (Lipinski definition) is 1. The number of carbonyl (C=O) groups excluding carboxylic acids is 1. The lowest BCUT2D eigenvalue weighted by Crippen LogP contribution is -2.54. The second-order valence-electron chi connectivity index (χ2n) is 6.40. The SMILES string of the molecule is O=C(NC1CCCC1)N1CCN(S(=O)(=O)c2cc(Cl)ccc2Cl)CC1. The highest BCUT2D eigenvalue weighted by Gasteiger charge is 2.32. The molecule has 1 aromatic rings. The lowest BCUT2D eigenvalue weighted by Gasteiger charge is -2.34. The maximum Gasteiger partial charge on any atom is 0.317 e. The molecule has 0 radical (unpaired) electrons. The van der Waals surface area contributed by atoms with Gasteiger partial charge in [-0.1, -0.05) is 36.0 Å². The molecule has 0 atom stereocenters. The molecule has 2 fully saturated rings. The lowest BCUT2D eigenvalue weighted by atomic mass is 10.2. The number of piperazine rings is 1. The van der Waals surface area contributed by atoms with Crippen molar-refractivity contribution in [2.24, 2.45) is 0 Å². The van der Waals surface area contributed by atoms with Gasteiger partial charge in [-0.25, -0.2) is 13.2 Å². The summed E-state index contributed by atoms with van der Waals surface area (Å²) in [6, 6.07) is 4.53. The fourth-order valence-electron chi connectivity index (χ4n) is 3.28. The molecule has 2 amide bonds. The lowest BCUT2D eigenvalue weighted by molar-refractivity contribution is 0.169. The van der Waals surface area contributed by atoms with Gasteiger partial charge in [-0.05, 0) is 31.0 Å². The average molecular weight is 406 g/mol. The molecule has 138 valence electrons. The largest absolute Gasteiger partial charge is 0.335 e. The molecular weight excluding hydrogens is 385 g/mol. The van der Waals surface area contributed by atoms with Crippen molar-refractivity contribution in [1.82, 2.24) is 14.5 Å². The number of benzene rings is 1. The van der Waals surface area contributed by atoms with Gasteiger partial charge in [-0.3, -0.25) is 0 Å². The Kier molecular flexibility index (Phi) is 5.78. The molecule has 25 heavy (non-hydrogen) atoms. The number of carbonyl (C=O) groups is 1. The fraction of sp³-hybridized carbons (Fsp3) is 0.562. The van der Waals surface area contributed by atoms with E-state index in [2.05, 4.69) is 5.32 Å². The summed E-state index contributed by atoms with van der Waals surface area (Å²) in [6.45, 7) is 1.19. The van der Waals surface area contributed by atoms with Gasteiger partial charge < -0.3 is 10.2 Å². The van der Waals surface area contributed by atoms with Crippen molar-refractivity contribution in [3.63, 3.8) is 0 Å². The van der Waals surface area contributed by atoms with Crippen molar-refractivity contribution < 1.29 is 13.2 Å². The van der Waals surface area contributed by atoms with Crippen LogP contribution in [0.5, 0.6) is 0 Å². The first-order chi connectivity index (χ1) is 11.9. The first kappa shape index (κ1) is 18.8. The zero-order valence-corrected chi connectivity index (χ0v) is 16.1. The zero-order valence-electron chi connectivity index (χ0n) is 13.7. The minimum absolute atomic E-state index is 0.00511. The maximum absolute atomic E-state index is 12.8. The highest BCUT2D eigenvalue weighted by atomic mass is 35.5. The summed E-state index contributed by atoms with van der Waals surface area (Å²) in [5.41, 5.74) is 0.